The molecule has 8 nitrogen and oxygen atoms in total. The Morgan fingerprint density at radius 3 is 2.41 bits per heavy atom. The average Bonchev–Trinajstić information content (AvgIpc) is 2.86. The van der Waals surface area contributed by atoms with Crippen molar-refractivity contribution in [3.8, 4) is 17.2 Å². The lowest BCUT2D eigenvalue weighted by Gasteiger charge is -2.10. The average molecular weight is 483 g/mol. The van der Waals surface area contributed by atoms with Crippen LogP contribution in [-0.2, 0) is 10.0 Å². The summed E-state index contributed by atoms with van der Waals surface area (Å²) in [7, 11) is -2.33. The fourth-order valence-corrected chi connectivity index (χ4v) is 3.66. The number of rotatable bonds is 11. The Kier molecular flexibility index (Phi) is 8.64. The normalized spacial score (nSPS) is 11.2. The quantitative estimate of drug-likeness (QED) is 0.143. The fraction of sp³-hybridized carbons (Fsp3) is 0.200. The molecule has 0 fully saturated rings. The number of ether oxygens (including phenoxy) is 3. The molecule has 0 aromatic heterocycles. The highest BCUT2D eigenvalue weighted by atomic mass is 32.2. The lowest BCUT2D eigenvalue weighted by molar-refractivity contribution is 0.0729. The Hall–Kier alpha value is -3.85. The number of unbranched alkanes of at least 4 members (excludes halogenated alkanes) is 1. The summed E-state index contributed by atoms with van der Waals surface area (Å²) in [6.07, 6.45) is 3.33. The largest absolute Gasteiger partial charge is 0.494 e. The van der Waals surface area contributed by atoms with Crippen LogP contribution in [-0.4, -0.2) is 34.3 Å². The third-order valence-electron chi connectivity index (χ3n) is 4.69. The second kappa shape index (κ2) is 11.9. The molecule has 3 aromatic rings. The number of hydrazone groups is 1. The molecule has 3 aromatic carbocycles. The van der Waals surface area contributed by atoms with Crippen molar-refractivity contribution in [3.63, 3.8) is 0 Å². The maximum absolute atomic E-state index is 12.5. The number of sulfonamides is 1. The predicted molar refractivity (Wildman–Crippen MR) is 129 cm³/mol. The Morgan fingerprint density at radius 2 is 1.74 bits per heavy atom. The van der Waals surface area contributed by atoms with Crippen LogP contribution in [0.1, 0.15) is 35.7 Å². The lowest BCUT2D eigenvalue weighted by atomic mass is 10.2. The molecule has 0 atom stereocenters. The molecule has 0 saturated heterocycles. The number of carbonyl (C=O) groups is 1. The molecule has 0 saturated carbocycles. The number of esters is 1. The number of hydrogen-bond donors (Lipinski definition) is 1. The molecule has 0 aliphatic rings. The number of benzene rings is 3. The van der Waals surface area contributed by atoms with Crippen LogP contribution in [0.5, 0.6) is 17.2 Å². The summed E-state index contributed by atoms with van der Waals surface area (Å²) in [5, 5.41) is 3.80. The summed E-state index contributed by atoms with van der Waals surface area (Å²) in [4.78, 5) is 14.8. The standard InChI is InChI=1S/C25H26N2O6S/c1-3-4-16-32-21-13-11-20(12-14-21)25(28)33-23-15-10-19(17-24(23)31-2)18-26-27-34(29,30)22-8-6-5-7-9-22/h5-15,17-18,27H,3-4,16H2,1-2H3/b26-18+. The van der Waals surface area contributed by atoms with Gasteiger partial charge in [-0.2, -0.15) is 13.5 Å². The van der Waals surface area contributed by atoms with Gasteiger partial charge in [0, 0.05) is 0 Å². The third-order valence-corrected chi connectivity index (χ3v) is 5.93. The van der Waals surface area contributed by atoms with Gasteiger partial charge in [0.2, 0.25) is 0 Å². The van der Waals surface area contributed by atoms with Crippen LogP contribution < -0.4 is 19.0 Å². The second-order valence-electron chi connectivity index (χ2n) is 7.19. The minimum absolute atomic E-state index is 0.104. The molecule has 0 radical (unpaired) electrons. The Morgan fingerprint density at radius 1 is 1.00 bits per heavy atom. The molecule has 0 spiro atoms. The predicted octanol–water partition coefficient (Wildman–Crippen LogP) is 4.41. The van der Waals surface area contributed by atoms with E-state index in [0.717, 1.165) is 12.8 Å². The molecule has 178 valence electrons. The smallest absolute Gasteiger partial charge is 0.343 e. The van der Waals surface area contributed by atoms with Crippen molar-refractivity contribution < 1.29 is 27.4 Å². The summed E-state index contributed by atoms with van der Waals surface area (Å²) in [6.45, 7) is 2.71. The molecule has 1 N–H and O–H groups in total. The SMILES string of the molecule is CCCCOc1ccc(C(=O)Oc2ccc(/C=N/NS(=O)(=O)c3ccccc3)cc2OC)cc1. The van der Waals surface area contributed by atoms with Gasteiger partial charge in [-0.3, -0.25) is 0 Å². The summed E-state index contributed by atoms with van der Waals surface area (Å²) < 4.78 is 40.8. The molecular weight excluding hydrogens is 456 g/mol. The van der Waals surface area contributed by atoms with Gasteiger partial charge >= 0.3 is 5.97 Å². The van der Waals surface area contributed by atoms with Gasteiger partial charge in [-0.1, -0.05) is 31.5 Å². The topological polar surface area (TPSA) is 103 Å². The number of nitrogens with one attached hydrogen (secondary N) is 1. The first-order chi connectivity index (χ1) is 16.4. The molecular formula is C25H26N2O6S. The molecule has 0 unspecified atom stereocenters. The van der Waals surface area contributed by atoms with Gasteiger partial charge < -0.3 is 14.2 Å². The summed E-state index contributed by atoms with van der Waals surface area (Å²) in [5.41, 5.74) is 0.909. The summed E-state index contributed by atoms with van der Waals surface area (Å²) in [6, 6.07) is 19.4. The van der Waals surface area contributed by atoms with Crippen molar-refractivity contribution >= 4 is 22.2 Å². The highest BCUT2D eigenvalue weighted by Crippen LogP contribution is 2.28. The van der Waals surface area contributed by atoms with Crippen LogP contribution >= 0.6 is 0 Å². The lowest BCUT2D eigenvalue weighted by Crippen LogP contribution is -2.18. The monoisotopic (exact) mass is 482 g/mol. The molecule has 0 aliphatic heterocycles. The van der Waals surface area contributed by atoms with E-state index in [1.807, 2.05) is 0 Å². The maximum atomic E-state index is 12.5. The Bertz CT molecular complexity index is 1230. The van der Waals surface area contributed by atoms with Crippen molar-refractivity contribution in [1.29, 1.82) is 0 Å². The van der Waals surface area contributed by atoms with E-state index in [9.17, 15) is 13.2 Å². The number of carbonyl (C=O) groups excluding carboxylic acids is 1. The van der Waals surface area contributed by atoms with E-state index in [-0.39, 0.29) is 10.6 Å². The van der Waals surface area contributed by atoms with Crippen LogP contribution in [0.15, 0.2) is 82.8 Å². The fourth-order valence-electron chi connectivity index (χ4n) is 2.85. The molecule has 34 heavy (non-hydrogen) atoms. The third kappa shape index (κ3) is 6.82. The maximum Gasteiger partial charge on any atom is 0.343 e. The molecule has 0 heterocycles. The Labute approximate surface area is 199 Å². The molecule has 0 amide bonds. The number of methoxy groups -OCH3 is 1. The van der Waals surface area contributed by atoms with Gasteiger partial charge in [-0.05, 0) is 66.6 Å². The van der Waals surface area contributed by atoms with E-state index in [0.29, 0.717) is 29.2 Å². The molecule has 0 bridgehead atoms. The van der Waals surface area contributed by atoms with Crippen LogP contribution in [0.2, 0.25) is 0 Å². The van der Waals surface area contributed by atoms with Gasteiger partial charge in [-0.25, -0.2) is 9.63 Å². The zero-order chi connectivity index (χ0) is 24.4. The highest BCUT2D eigenvalue weighted by Gasteiger charge is 2.14. The first-order valence-corrected chi connectivity index (χ1v) is 12.1. The van der Waals surface area contributed by atoms with Gasteiger partial charge in [0.1, 0.15) is 5.75 Å². The van der Waals surface area contributed by atoms with E-state index in [1.165, 1.54) is 25.5 Å². The van der Waals surface area contributed by atoms with E-state index in [2.05, 4.69) is 16.9 Å². The van der Waals surface area contributed by atoms with Crippen molar-refractivity contribution in [2.45, 2.75) is 24.7 Å². The van der Waals surface area contributed by atoms with Gasteiger partial charge in [0.15, 0.2) is 11.5 Å². The first-order valence-electron chi connectivity index (χ1n) is 10.7. The second-order valence-corrected chi connectivity index (χ2v) is 8.85. The minimum atomic E-state index is -3.77. The summed E-state index contributed by atoms with van der Waals surface area (Å²) >= 11 is 0. The van der Waals surface area contributed by atoms with E-state index in [1.54, 1.807) is 60.7 Å². The van der Waals surface area contributed by atoms with Crippen molar-refractivity contribution in [2.24, 2.45) is 5.10 Å². The van der Waals surface area contributed by atoms with Crippen molar-refractivity contribution in [3.05, 3.63) is 83.9 Å². The molecule has 0 aliphatic carbocycles. The van der Waals surface area contributed by atoms with Crippen LogP contribution in [0.25, 0.3) is 0 Å². The number of nitrogens with zero attached hydrogens (tertiary/aromatic N) is 1. The van der Waals surface area contributed by atoms with Gasteiger partial charge in [0.25, 0.3) is 10.0 Å². The van der Waals surface area contributed by atoms with E-state index >= 15 is 0 Å². The van der Waals surface area contributed by atoms with Crippen molar-refractivity contribution in [2.75, 3.05) is 13.7 Å². The van der Waals surface area contributed by atoms with E-state index in [4.69, 9.17) is 14.2 Å². The minimum Gasteiger partial charge on any atom is -0.494 e. The van der Waals surface area contributed by atoms with Gasteiger partial charge in [-0.15, -0.1) is 0 Å². The summed E-state index contributed by atoms with van der Waals surface area (Å²) in [5.74, 6) is 0.657. The number of hydrogen-bond acceptors (Lipinski definition) is 7. The zero-order valence-corrected chi connectivity index (χ0v) is 19.7. The van der Waals surface area contributed by atoms with Crippen molar-refractivity contribution in [1.82, 2.24) is 4.83 Å². The van der Waals surface area contributed by atoms with E-state index < -0.39 is 16.0 Å². The van der Waals surface area contributed by atoms with Crippen LogP contribution in [0.4, 0.5) is 0 Å². The highest BCUT2D eigenvalue weighted by molar-refractivity contribution is 7.89. The molecule has 9 heteroatoms. The van der Waals surface area contributed by atoms with Crippen LogP contribution in [0.3, 0.4) is 0 Å². The van der Waals surface area contributed by atoms with Gasteiger partial charge in [0.05, 0.1) is 30.4 Å². The van der Waals surface area contributed by atoms with Crippen LogP contribution in [0, 0.1) is 0 Å². The Balaban J connectivity index is 1.64. The molecule has 3 rings (SSSR count). The zero-order valence-electron chi connectivity index (χ0n) is 18.9. The first kappa shape index (κ1) is 24.8.